The zero-order valence-corrected chi connectivity index (χ0v) is 19.6. The summed E-state index contributed by atoms with van der Waals surface area (Å²) in [5.74, 6) is -6.22. The van der Waals surface area contributed by atoms with Crippen LogP contribution in [0.5, 0.6) is 0 Å². The van der Waals surface area contributed by atoms with Gasteiger partial charge in [0.15, 0.2) is 17.2 Å². The maximum atomic E-state index is 14.8. The van der Waals surface area contributed by atoms with Crippen LogP contribution >= 0.6 is 0 Å². The van der Waals surface area contributed by atoms with Crippen LogP contribution < -0.4 is 5.32 Å². The molecule has 0 unspecified atom stereocenters. The summed E-state index contributed by atoms with van der Waals surface area (Å²) < 4.78 is 103. The first-order valence-electron chi connectivity index (χ1n) is 10.6. The number of aryl methyl sites for hydroxylation is 1. The van der Waals surface area contributed by atoms with Gasteiger partial charge in [-0.3, -0.25) is 4.79 Å². The van der Waals surface area contributed by atoms with Crippen molar-refractivity contribution in [2.75, 3.05) is 19.4 Å². The Morgan fingerprint density at radius 1 is 1.29 bits per heavy atom. The van der Waals surface area contributed by atoms with Gasteiger partial charge in [0.25, 0.3) is 5.91 Å². The van der Waals surface area contributed by atoms with Gasteiger partial charge in [-0.2, -0.15) is 27.1 Å². The number of carbonyl (C=O) groups is 1. The van der Waals surface area contributed by atoms with Crippen LogP contribution in [-0.4, -0.2) is 52.6 Å². The molecule has 1 aromatic carbocycles. The van der Waals surface area contributed by atoms with E-state index in [0.29, 0.717) is 0 Å². The van der Waals surface area contributed by atoms with E-state index < -0.39 is 53.8 Å². The molecular formula is C22H25F7N4O2. The van der Waals surface area contributed by atoms with Crippen LogP contribution in [0, 0.1) is 24.5 Å². The lowest BCUT2D eigenvalue weighted by Crippen LogP contribution is -2.47. The van der Waals surface area contributed by atoms with Gasteiger partial charge in [0.1, 0.15) is 6.10 Å². The third kappa shape index (κ3) is 4.88. The number of carbonyl (C=O) groups excluding carboxylic acids is 1. The smallest absolute Gasteiger partial charge is 0.352 e. The van der Waals surface area contributed by atoms with Gasteiger partial charge in [-0.1, -0.05) is 13.0 Å². The molecule has 194 valence electrons. The van der Waals surface area contributed by atoms with E-state index in [9.17, 15) is 35.5 Å². The molecule has 1 amide bonds. The van der Waals surface area contributed by atoms with E-state index in [0.717, 1.165) is 25.3 Å². The monoisotopic (exact) mass is 510 g/mol. The Morgan fingerprint density at radius 3 is 2.43 bits per heavy atom. The molecule has 1 fully saturated rings. The van der Waals surface area contributed by atoms with Crippen molar-refractivity contribution in [2.24, 2.45) is 5.92 Å². The Labute approximate surface area is 197 Å². The van der Waals surface area contributed by atoms with Crippen LogP contribution in [0.1, 0.15) is 43.1 Å². The number of alkyl halides is 5. The maximum Gasteiger partial charge on any atom is 0.417 e. The average molecular weight is 510 g/mol. The summed E-state index contributed by atoms with van der Waals surface area (Å²) in [5.41, 5.74) is -3.17. The second kappa shape index (κ2) is 9.41. The number of aromatic nitrogens is 2. The number of hydrogen-bond donors (Lipinski definition) is 1. The number of benzene rings is 1. The number of amides is 1. The first kappa shape index (κ1) is 26.9. The summed E-state index contributed by atoms with van der Waals surface area (Å²) in [4.78, 5) is 14.7. The van der Waals surface area contributed by atoms with Crippen molar-refractivity contribution in [3.05, 3.63) is 46.8 Å². The van der Waals surface area contributed by atoms with Crippen LogP contribution in [-0.2, 0) is 16.1 Å². The third-order valence-corrected chi connectivity index (χ3v) is 6.37. The van der Waals surface area contributed by atoms with Crippen molar-refractivity contribution in [1.82, 2.24) is 14.7 Å². The molecule has 35 heavy (non-hydrogen) atoms. The fourth-order valence-corrected chi connectivity index (χ4v) is 4.33. The molecule has 0 radical (unpaired) electrons. The van der Waals surface area contributed by atoms with Gasteiger partial charge >= 0.3 is 12.7 Å². The van der Waals surface area contributed by atoms with Gasteiger partial charge in [0, 0.05) is 23.9 Å². The molecule has 0 spiro atoms. The van der Waals surface area contributed by atoms with E-state index in [-0.39, 0.29) is 33.7 Å². The van der Waals surface area contributed by atoms with Gasteiger partial charge < -0.3 is 15.0 Å². The minimum absolute atomic E-state index is 0.000881. The van der Waals surface area contributed by atoms with Crippen molar-refractivity contribution in [1.29, 1.82) is 0 Å². The zero-order chi connectivity index (χ0) is 26.5. The quantitative estimate of drug-likeness (QED) is 0.556. The number of nitrogens with zero attached hydrogens (tertiary/aromatic N) is 3. The molecule has 1 aliphatic rings. The third-order valence-electron chi connectivity index (χ3n) is 6.37. The predicted molar refractivity (Wildman–Crippen MR) is 112 cm³/mol. The van der Waals surface area contributed by atoms with Crippen LogP contribution in [0.25, 0.3) is 0 Å². The Kier molecular flexibility index (Phi) is 7.24. The van der Waals surface area contributed by atoms with Gasteiger partial charge in [-0.05, 0) is 39.6 Å². The second-order valence-corrected chi connectivity index (χ2v) is 9.00. The zero-order valence-electron chi connectivity index (χ0n) is 19.6. The Bertz CT molecular complexity index is 1100. The van der Waals surface area contributed by atoms with Gasteiger partial charge in [0.05, 0.1) is 17.6 Å². The molecular weight excluding hydrogens is 485 g/mol. The number of nitrogens with one attached hydrogen (secondary N) is 1. The number of ether oxygens (including phenoxy) is 1. The Morgan fingerprint density at radius 2 is 1.91 bits per heavy atom. The van der Waals surface area contributed by atoms with E-state index in [1.807, 2.05) is 0 Å². The fraction of sp³-hybridized carbons (Fsp3) is 0.545. The van der Waals surface area contributed by atoms with Gasteiger partial charge in [-0.15, -0.1) is 0 Å². The standard InChI is InChI=1S/C22H25F7N4O2/c1-10-16(12-6-7-14(23)17(24)13(12)8-32(4)5)18(35-21(10,3)22(27,28)29)19(34)30-15-9-33(20(25)26)31-11(15)2/h6-7,9-10,16,18,20H,8H2,1-5H3,(H,30,34)/t10-,16-,18+,21+/m0/s1. The van der Waals surface area contributed by atoms with Crippen molar-refractivity contribution in [2.45, 2.75) is 57.7 Å². The number of rotatable bonds is 6. The number of hydrogen-bond acceptors (Lipinski definition) is 4. The van der Waals surface area contributed by atoms with Crippen LogP contribution in [0.4, 0.5) is 36.4 Å². The minimum Gasteiger partial charge on any atom is -0.352 e. The molecule has 0 aliphatic carbocycles. The SMILES string of the molecule is Cc1nn(C(F)F)cc1NC(=O)[C@@H]1O[C@@](C)(C(F)(F)F)[C@@H](C)[C@H]1c1ccc(F)c(F)c1CN(C)C. The van der Waals surface area contributed by atoms with E-state index in [1.54, 1.807) is 14.1 Å². The molecule has 1 N–H and O–H groups in total. The molecule has 3 rings (SSSR count). The molecule has 2 heterocycles. The summed E-state index contributed by atoms with van der Waals surface area (Å²) in [6.07, 6.45) is -5.86. The van der Waals surface area contributed by atoms with Crippen LogP contribution in [0.15, 0.2) is 18.3 Å². The Hall–Kier alpha value is -2.67. The Balaban J connectivity index is 2.10. The molecule has 1 saturated heterocycles. The molecule has 0 saturated carbocycles. The summed E-state index contributed by atoms with van der Waals surface area (Å²) in [5, 5.41) is 5.85. The van der Waals surface area contributed by atoms with Gasteiger partial charge in [-0.25, -0.2) is 13.5 Å². The van der Waals surface area contributed by atoms with Crippen molar-refractivity contribution >= 4 is 11.6 Å². The highest BCUT2D eigenvalue weighted by Crippen LogP contribution is 2.54. The lowest BCUT2D eigenvalue weighted by molar-refractivity contribution is -0.272. The highest BCUT2D eigenvalue weighted by atomic mass is 19.4. The average Bonchev–Trinajstić information content (AvgIpc) is 3.24. The van der Waals surface area contributed by atoms with Crippen LogP contribution in [0.2, 0.25) is 0 Å². The van der Waals surface area contributed by atoms with E-state index in [2.05, 4.69) is 10.4 Å². The molecule has 2 aromatic rings. The molecule has 0 bridgehead atoms. The first-order valence-corrected chi connectivity index (χ1v) is 10.6. The van der Waals surface area contributed by atoms with Crippen LogP contribution in [0.3, 0.4) is 0 Å². The first-order chi connectivity index (χ1) is 16.1. The largest absolute Gasteiger partial charge is 0.417 e. The fourth-order valence-electron chi connectivity index (χ4n) is 4.33. The lowest BCUT2D eigenvalue weighted by Gasteiger charge is -2.32. The predicted octanol–water partition coefficient (Wildman–Crippen LogP) is 5.00. The van der Waals surface area contributed by atoms with Gasteiger partial charge in [0.2, 0.25) is 0 Å². The number of halogens is 7. The summed E-state index contributed by atoms with van der Waals surface area (Å²) in [7, 11) is 3.13. The van der Waals surface area contributed by atoms with Crippen molar-refractivity contribution in [3.8, 4) is 0 Å². The molecule has 6 nitrogen and oxygen atoms in total. The summed E-state index contributed by atoms with van der Waals surface area (Å²) in [6.45, 7) is 0.170. The highest BCUT2D eigenvalue weighted by molar-refractivity contribution is 5.95. The minimum atomic E-state index is -4.91. The van der Waals surface area contributed by atoms with Crippen molar-refractivity contribution < 1.29 is 40.3 Å². The molecule has 1 aromatic heterocycles. The lowest BCUT2D eigenvalue weighted by atomic mass is 9.75. The van der Waals surface area contributed by atoms with E-state index in [4.69, 9.17) is 4.74 Å². The molecule has 13 heteroatoms. The van der Waals surface area contributed by atoms with Crippen molar-refractivity contribution in [3.63, 3.8) is 0 Å². The topological polar surface area (TPSA) is 59.4 Å². The molecule has 1 aliphatic heterocycles. The molecule has 4 atom stereocenters. The van der Waals surface area contributed by atoms with E-state index in [1.165, 1.54) is 18.7 Å². The second-order valence-electron chi connectivity index (χ2n) is 9.00. The summed E-state index contributed by atoms with van der Waals surface area (Å²) >= 11 is 0. The number of anilines is 1. The highest BCUT2D eigenvalue weighted by Gasteiger charge is 2.65. The normalized spacial score (nSPS) is 25.0. The van der Waals surface area contributed by atoms with E-state index >= 15 is 0 Å². The summed E-state index contributed by atoms with van der Waals surface area (Å²) in [6, 6.07) is 1.93. The maximum absolute atomic E-state index is 14.8.